The van der Waals surface area contributed by atoms with Crippen LogP contribution in [0.3, 0.4) is 0 Å². The van der Waals surface area contributed by atoms with E-state index < -0.39 is 11.8 Å². The molecule has 1 aromatic rings. The molecule has 16 heavy (non-hydrogen) atoms. The normalized spacial score (nSPS) is 10.1. The minimum atomic E-state index is -0.769. The van der Waals surface area contributed by atoms with Crippen molar-refractivity contribution in [1.29, 1.82) is 0 Å². The second-order valence-corrected chi connectivity index (χ2v) is 2.97. The molecule has 1 rings (SSSR count). The molecule has 0 heterocycles. The van der Waals surface area contributed by atoms with Crippen LogP contribution in [0, 0.1) is 0 Å². The molecule has 0 atom stereocenters. The van der Waals surface area contributed by atoms with Gasteiger partial charge in [0.25, 0.3) is 0 Å². The molecule has 5 heteroatoms. The van der Waals surface area contributed by atoms with Crippen molar-refractivity contribution in [3.8, 4) is 0 Å². The summed E-state index contributed by atoms with van der Waals surface area (Å²) >= 11 is 0. The number of carbonyl (C=O) groups is 2. The number of hydrazone groups is 1. The number of rotatable bonds is 3. The summed E-state index contributed by atoms with van der Waals surface area (Å²) in [4.78, 5) is 22.1. The van der Waals surface area contributed by atoms with Crippen molar-refractivity contribution in [2.45, 2.75) is 6.92 Å². The van der Waals surface area contributed by atoms with E-state index in [9.17, 15) is 9.59 Å². The monoisotopic (exact) mass is 219 g/mol. The Kier molecular flexibility index (Phi) is 4.72. The lowest BCUT2D eigenvalue weighted by Gasteiger charge is -1.99. The van der Waals surface area contributed by atoms with Crippen molar-refractivity contribution in [2.75, 3.05) is 6.54 Å². The van der Waals surface area contributed by atoms with Crippen molar-refractivity contribution >= 4 is 18.0 Å². The van der Waals surface area contributed by atoms with E-state index in [0.717, 1.165) is 5.56 Å². The van der Waals surface area contributed by atoms with Gasteiger partial charge in [0.2, 0.25) is 0 Å². The Labute approximate surface area is 93.5 Å². The van der Waals surface area contributed by atoms with E-state index in [0.29, 0.717) is 6.54 Å². The smallest absolute Gasteiger partial charge is 0.329 e. The van der Waals surface area contributed by atoms with Crippen LogP contribution in [-0.2, 0) is 9.59 Å². The molecule has 1 aromatic carbocycles. The van der Waals surface area contributed by atoms with Crippen LogP contribution >= 0.6 is 0 Å². The molecule has 0 saturated heterocycles. The quantitative estimate of drug-likeness (QED) is 0.435. The summed E-state index contributed by atoms with van der Waals surface area (Å²) in [5.74, 6) is -1.46. The van der Waals surface area contributed by atoms with Gasteiger partial charge in [0, 0.05) is 6.54 Å². The molecule has 0 unspecified atom stereocenters. The zero-order chi connectivity index (χ0) is 11.8. The van der Waals surface area contributed by atoms with E-state index >= 15 is 0 Å². The summed E-state index contributed by atoms with van der Waals surface area (Å²) in [5.41, 5.74) is 2.98. The van der Waals surface area contributed by atoms with Crippen LogP contribution in [0.4, 0.5) is 0 Å². The van der Waals surface area contributed by atoms with Crippen molar-refractivity contribution in [3.63, 3.8) is 0 Å². The number of amides is 2. The first-order valence-electron chi connectivity index (χ1n) is 4.90. The maximum Gasteiger partial charge on any atom is 0.329 e. The van der Waals surface area contributed by atoms with Crippen LogP contribution in [0.2, 0.25) is 0 Å². The number of hydrogen-bond acceptors (Lipinski definition) is 3. The van der Waals surface area contributed by atoms with Gasteiger partial charge in [-0.15, -0.1) is 0 Å². The summed E-state index contributed by atoms with van der Waals surface area (Å²) in [6.07, 6.45) is 1.47. The molecule has 2 N–H and O–H groups in total. The fourth-order valence-electron chi connectivity index (χ4n) is 0.996. The van der Waals surface area contributed by atoms with Crippen LogP contribution in [0.25, 0.3) is 0 Å². The van der Waals surface area contributed by atoms with Gasteiger partial charge >= 0.3 is 11.8 Å². The lowest BCUT2D eigenvalue weighted by Crippen LogP contribution is -2.37. The Hall–Kier alpha value is -2.17. The molecule has 0 radical (unpaired) electrons. The van der Waals surface area contributed by atoms with Gasteiger partial charge in [0.1, 0.15) is 0 Å². The highest BCUT2D eigenvalue weighted by Gasteiger charge is 2.09. The molecular weight excluding hydrogens is 206 g/mol. The predicted molar refractivity (Wildman–Crippen MR) is 60.9 cm³/mol. The number of benzene rings is 1. The molecule has 0 aromatic heterocycles. The van der Waals surface area contributed by atoms with E-state index in [1.807, 2.05) is 30.3 Å². The second kappa shape index (κ2) is 6.34. The van der Waals surface area contributed by atoms with Crippen LogP contribution in [0.15, 0.2) is 35.4 Å². The summed E-state index contributed by atoms with van der Waals surface area (Å²) in [5, 5.41) is 6.03. The standard InChI is InChI=1S/C11H13N3O2/c1-2-12-10(15)11(16)14-13-8-9-6-4-3-5-7-9/h3-8H,2H2,1H3,(H,12,15)(H,14,16). The summed E-state index contributed by atoms with van der Waals surface area (Å²) in [6, 6.07) is 9.26. The molecule has 84 valence electrons. The minimum Gasteiger partial charge on any atom is -0.348 e. The Bertz CT molecular complexity index is 387. The van der Waals surface area contributed by atoms with Gasteiger partial charge in [0.05, 0.1) is 6.21 Å². The van der Waals surface area contributed by atoms with E-state index in [1.54, 1.807) is 6.92 Å². The molecule has 0 aliphatic heterocycles. The van der Waals surface area contributed by atoms with Crippen LogP contribution in [0.1, 0.15) is 12.5 Å². The van der Waals surface area contributed by atoms with Crippen LogP contribution < -0.4 is 10.7 Å². The SMILES string of the molecule is CCNC(=O)C(=O)NN=Cc1ccccc1. The van der Waals surface area contributed by atoms with Crippen molar-refractivity contribution in [2.24, 2.45) is 5.10 Å². The average Bonchev–Trinajstić information content (AvgIpc) is 2.30. The molecule has 5 nitrogen and oxygen atoms in total. The molecule has 0 spiro atoms. The van der Waals surface area contributed by atoms with Crippen molar-refractivity contribution in [1.82, 2.24) is 10.7 Å². The Morgan fingerprint density at radius 3 is 2.56 bits per heavy atom. The zero-order valence-corrected chi connectivity index (χ0v) is 8.93. The second-order valence-electron chi connectivity index (χ2n) is 2.97. The zero-order valence-electron chi connectivity index (χ0n) is 8.93. The average molecular weight is 219 g/mol. The lowest BCUT2D eigenvalue weighted by atomic mass is 10.2. The first-order chi connectivity index (χ1) is 7.74. The number of carbonyl (C=O) groups excluding carboxylic acids is 2. The van der Waals surface area contributed by atoms with Crippen molar-refractivity contribution in [3.05, 3.63) is 35.9 Å². The largest absolute Gasteiger partial charge is 0.348 e. The van der Waals surface area contributed by atoms with Gasteiger partial charge in [-0.2, -0.15) is 5.10 Å². The Morgan fingerprint density at radius 2 is 1.94 bits per heavy atom. The molecule has 0 aliphatic carbocycles. The van der Waals surface area contributed by atoms with E-state index in [4.69, 9.17) is 0 Å². The van der Waals surface area contributed by atoms with Crippen LogP contribution in [-0.4, -0.2) is 24.6 Å². The molecule has 0 aliphatic rings. The first-order valence-corrected chi connectivity index (χ1v) is 4.90. The van der Waals surface area contributed by atoms with E-state index in [2.05, 4.69) is 15.8 Å². The highest BCUT2D eigenvalue weighted by Crippen LogP contribution is 1.92. The number of nitrogens with one attached hydrogen (secondary N) is 2. The Morgan fingerprint density at radius 1 is 1.25 bits per heavy atom. The van der Waals surface area contributed by atoms with Gasteiger partial charge in [-0.3, -0.25) is 9.59 Å². The molecular formula is C11H13N3O2. The highest BCUT2D eigenvalue weighted by molar-refractivity contribution is 6.35. The fourth-order valence-corrected chi connectivity index (χ4v) is 0.996. The van der Waals surface area contributed by atoms with Gasteiger partial charge < -0.3 is 5.32 Å². The third kappa shape index (κ3) is 3.91. The minimum absolute atomic E-state index is 0.411. The third-order valence-corrected chi connectivity index (χ3v) is 1.72. The molecule has 2 amide bonds. The van der Waals surface area contributed by atoms with Crippen LogP contribution in [0.5, 0.6) is 0 Å². The molecule has 0 bridgehead atoms. The van der Waals surface area contributed by atoms with Crippen molar-refractivity contribution < 1.29 is 9.59 Å². The highest BCUT2D eigenvalue weighted by atomic mass is 16.2. The van der Waals surface area contributed by atoms with Gasteiger partial charge in [-0.1, -0.05) is 30.3 Å². The summed E-state index contributed by atoms with van der Waals surface area (Å²) in [6.45, 7) is 2.15. The molecule has 0 fully saturated rings. The first kappa shape index (κ1) is 11.9. The van der Waals surface area contributed by atoms with Gasteiger partial charge in [0.15, 0.2) is 0 Å². The Balaban J connectivity index is 2.43. The summed E-state index contributed by atoms with van der Waals surface area (Å²) < 4.78 is 0. The number of hydrogen-bond donors (Lipinski definition) is 2. The predicted octanol–water partition coefficient (Wildman–Crippen LogP) is 0.273. The van der Waals surface area contributed by atoms with E-state index in [-0.39, 0.29) is 0 Å². The molecule has 0 saturated carbocycles. The maximum absolute atomic E-state index is 11.1. The van der Waals surface area contributed by atoms with Gasteiger partial charge in [-0.05, 0) is 12.5 Å². The lowest BCUT2D eigenvalue weighted by molar-refractivity contribution is -0.139. The number of likely N-dealkylation sites (N-methyl/N-ethyl adjacent to an activating group) is 1. The summed E-state index contributed by atoms with van der Waals surface area (Å²) in [7, 11) is 0. The van der Waals surface area contributed by atoms with Gasteiger partial charge in [-0.25, -0.2) is 5.43 Å². The number of nitrogens with zero attached hydrogens (tertiary/aromatic N) is 1. The maximum atomic E-state index is 11.1. The third-order valence-electron chi connectivity index (χ3n) is 1.72. The topological polar surface area (TPSA) is 70.6 Å². The van der Waals surface area contributed by atoms with E-state index in [1.165, 1.54) is 6.21 Å². The fraction of sp³-hybridized carbons (Fsp3) is 0.182.